The first kappa shape index (κ1) is 20.7. The van der Waals surface area contributed by atoms with E-state index in [9.17, 15) is 14.3 Å². The number of aromatic nitrogens is 3. The normalized spacial score (nSPS) is 12.1. The van der Waals surface area contributed by atoms with Gasteiger partial charge in [-0.15, -0.1) is 0 Å². The lowest BCUT2D eigenvalue weighted by atomic mass is 10.1. The standard InChI is InChI=1S/C21H18ClFN4O4/c1-30-17-8-13-15(9-18(17)31-2)26-21(22)27-19(13)25-16(20(28)29)7-12-5-10-3-4-11(23)6-14(10)24-12/h3-6,8-9,16,24H,7H2,1-2H3,(H,28,29)(H,25,26,27). The molecule has 1 unspecified atom stereocenters. The lowest BCUT2D eigenvalue weighted by molar-refractivity contribution is -0.137. The summed E-state index contributed by atoms with van der Waals surface area (Å²) in [6, 6.07) is 8.37. The van der Waals surface area contributed by atoms with Gasteiger partial charge in [0.25, 0.3) is 0 Å². The van der Waals surface area contributed by atoms with Crippen LogP contribution in [0.1, 0.15) is 5.69 Å². The van der Waals surface area contributed by atoms with E-state index in [0.717, 1.165) is 5.39 Å². The molecule has 0 aliphatic heterocycles. The van der Waals surface area contributed by atoms with Gasteiger partial charge in [0.1, 0.15) is 17.7 Å². The van der Waals surface area contributed by atoms with Gasteiger partial charge in [-0.1, -0.05) is 0 Å². The van der Waals surface area contributed by atoms with E-state index in [0.29, 0.717) is 33.6 Å². The molecule has 0 saturated heterocycles. The van der Waals surface area contributed by atoms with Gasteiger partial charge >= 0.3 is 5.97 Å². The summed E-state index contributed by atoms with van der Waals surface area (Å²) in [6.45, 7) is 0. The first-order valence-corrected chi connectivity index (χ1v) is 9.61. The summed E-state index contributed by atoms with van der Waals surface area (Å²) in [5.41, 5.74) is 1.68. The third kappa shape index (κ3) is 4.17. The highest BCUT2D eigenvalue weighted by Crippen LogP contribution is 2.35. The van der Waals surface area contributed by atoms with Crippen molar-refractivity contribution in [2.75, 3.05) is 19.5 Å². The summed E-state index contributed by atoms with van der Waals surface area (Å²) in [4.78, 5) is 23.4. The summed E-state index contributed by atoms with van der Waals surface area (Å²) < 4.78 is 24.1. The van der Waals surface area contributed by atoms with Crippen molar-refractivity contribution in [2.24, 2.45) is 0 Å². The van der Waals surface area contributed by atoms with Crippen molar-refractivity contribution in [2.45, 2.75) is 12.5 Å². The molecule has 2 aromatic carbocycles. The molecule has 0 saturated carbocycles. The highest BCUT2D eigenvalue weighted by atomic mass is 35.5. The molecule has 2 aromatic heterocycles. The Labute approximate surface area is 181 Å². The fourth-order valence-electron chi connectivity index (χ4n) is 3.39. The van der Waals surface area contributed by atoms with Gasteiger partial charge in [0.2, 0.25) is 5.28 Å². The van der Waals surface area contributed by atoms with Gasteiger partial charge in [0.15, 0.2) is 11.5 Å². The number of hydrogen-bond donors (Lipinski definition) is 3. The molecule has 0 aliphatic carbocycles. The summed E-state index contributed by atoms with van der Waals surface area (Å²) in [5.74, 6) is -0.330. The van der Waals surface area contributed by atoms with E-state index in [1.807, 2.05) is 0 Å². The predicted octanol–water partition coefficient (Wildman–Crippen LogP) is 4.03. The molecular weight excluding hydrogens is 427 g/mol. The average Bonchev–Trinajstić information content (AvgIpc) is 3.13. The van der Waals surface area contributed by atoms with Crippen LogP contribution in [0.4, 0.5) is 10.2 Å². The van der Waals surface area contributed by atoms with Gasteiger partial charge in [-0.25, -0.2) is 19.2 Å². The molecule has 1 atom stereocenters. The molecule has 8 nitrogen and oxygen atoms in total. The third-order valence-corrected chi connectivity index (χ3v) is 5.02. The van der Waals surface area contributed by atoms with Gasteiger partial charge in [-0.2, -0.15) is 0 Å². The number of nitrogens with one attached hydrogen (secondary N) is 2. The predicted molar refractivity (Wildman–Crippen MR) is 115 cm³/mol. The van der Waals surface area contributed by atoms with Crippen LogP contribution in [0.5, 0.6) is 11.5 Å². The van der Waals surface area contributed by atoms with Crippen LogP contribution in [-0.2, 0) is 11.2 Å². The molecule has 0 radical (unpaired) electrons. The molecule has 0 spiro atoms. The number of fused-ring (bicyclic) bond motifs is 2. The van der Waals surface area contributed by atoms with E-state index in [1.54, 1.807) is 24.3 Å². The number of benzene rings is 2. The maximum absolute atomic E-state index is 13.5. The molecule has 0 amide bonds. The molecule has 0 bridgehead atoms. The summed E-state index contributed by atoms with van der Waals surface area (Å²) in [6.07, 6.45) is 0.0992. The molecule has 3 N–H and O–H groups in total. The summed E-state index contributed by atoms with van der Waals surface area (Å²) in [7, 11) is 2.99. The number of rotatable bonds is 7. The number of ether oxygens (including phenoxy) is 2. The van der Waals surface area contributed by atoms with Crippen LogP contribution in [0.2, 0.25) is 5.28 Å². The number of methoxy groups -OCH3 is 2. The zero-order valence-corrected chi connectivity index (χ0v) is 17.3. The first-order chi connectivity index (χ1) is 14.9. The van der Waals surface area contributed by atoms with Crippen molar-refractivity contribution in [3.8, 4) is 11.5 Å². The van der Waals surface area contributed by atoms with E-state index >= 15 is 0 Å². The van der Waals surface area contributed by atoms with Gasteiger partial charge in [0, 0.05) is 29.1 Å². The highest BCUT2D eigenvalue weighted by molar-refractivity contribution is 6.28. The van der Waals surface area contributed by atoms with Crippen molar-refractivity contribution in [3.05, 3.63) is 53.2 Å². The van der Waals surface area contributed by atoms with Crippen LogP contribution in [0.3, 0.4) is 0 Å². The fourth-order valence-corrected chi connectivity index (χ4v) is 3.57. The lowest BCUT2D eigenvalue weighted by Crippen LogP contribution is -2.32. The Bertz CT molecular complexity index is 1290. The average molecular weight is 445 g/mol. The van der Waals surface area contributed by atoms with E-state index < -0.39 is 12.0 Å². The Morgan fingerprint density at radius 1 is 1.19 bits per heavy atom. The van der Waals surface area contributed by atoms with Gasteiger partial charge in [-0.3, -0.25) is 0 Å². The number of hydrogen-bond acceptors (Lipinski definition) is 6. The maximum atomic E-state index is 13.5. The number of carboxylic acid groups (broad SMARTS) is 1. The lowest BCUT2D eigenvalue weighted by Gasteiger charge is -2.17. The molecule has 4 rings (SSSR count). The van der Waals surface area contributed by atoms with Crippen LogP contribution in [0.25, 0.3) is 21.8 Å². The van der Waals surface area contributed by atoms with Crippen LogP contribution in [0, 0.1) is 5.82 Å². The largest absolute Gasteiger partial charge is 0.493 e. The van der Waals surface area contributed by atoms with Crippen molar-refractivity contribution in [3.63, 3.8) is 0 Å². The Balaban J connectivity index is 1.70. The SMILES string of the molecule is COc1cc2nc(Cl)nc(NC(Cc3cc4ccc(F)cc4[nH]3)C(=O)O)c2cc1OC. The molecule has 160 valence electrons. The zero-order valence-electron chi connectivity index (χ0n) is 16.6. The summed E-state index contributed by atoms with van der Waals surface area (Å²) >= 11 is 6.06. The number of H-pyrrole nitrogens is 1. The molecule has 0 fully saturated rings. The Morgan fingerprint density at radius 2 is 1.94 bits per heavy atom. The van der Waals surface area contributed by atoms with E-state index in [-0.39, 0.29) is 23.3 Å². The minimum atomic E-state index is -1.09. The van der Waals surface area contributed by atoms with Gasteiger partial charge < -0.3 is 24.9 Å². The summed E-state index contributed by atoms with van der Waals surface area (Å²) in [5, 5.41) is 14.0. The number of carboxylic acids is 1. The van der Waals surface area contributed by atoms with Crippen molar-refractivity contribution in [1.82, 2.24) is 15.0 Å². The van der Waals surface area contributed by atoms with Crippen molar-refractivity contribution in [1.29, 1.82) is 0 Å². The van der Waals surface area contributed by atoms with Crippen molar-refractivity contribution >= 4 is 45.2 Å². The number of aliphatic carboxylic acids is 1. The molecule has 31 heavy (non-hydrogen) atoms. The number of aromatic amines is 1. The van der Waals surface area contributed by atoms with E-state index in [4.69, 9.17) is 21.1 Å². The first-order valence-electron chi connectivity index (χ1n) is 9.23. The third-order valence-electron chi connectivity index (χ3n) is 4.85. The van der Waals surface area contributed by atoms with Crippen LogP contribution < -0.4 is 14.8 Å². The minimum absolute atomic E-state index is 0.0487. The second-order valence-electron chi connectivity index (χ2n) is 6.83. The van der Waals surface area contributed by atoms with Crippen LogP contribution in [0.15, 0.2) is 36.4 Å². The topological polar surface area (TPSA) is 109 Å². The molecule has 0 aliphatic rings. The number of halogens is 2. The molecule has 2 heterocycles. The monoisotopic (exact) mass is 444 g/mol. The zero-order chi connectivity index (χ0) is 22.1. The maximum Gasteiger partial charge on any atom is 0.326 e. The molecule has 4 aromatic rings. The molecular formula is C21H18ClFN4O4. The Kier molecular flexibility index (Phi) is 5.51. The second kappa shape index (κ2) is 8.27. The van der Waals surface area contributed by atoms with Crippen molar-refractivity contribution < 1.29 is 23.8 Å². The fraction of sp³-hybridized carbons (Fsp3) is 0.190. The Hall–Kier alpha value is -3.59. The Morgan fingerprint density at radius 3 is 2.65 bits per heavy atom. The van der Waals surface area contributed by atoms with Gasteiger partial charge in [-0.05, 0) is 47.3 Å². The highest BCUT2D eigenvalue weighted by Gasteiger charge is 2.22. The number of carbonyl (C=O) groups is 1. The van der Waals surface area contributed by atoms with Crippen LogP contribution >= 0.6 is 11.6 Å². The van der Waals surface area contributed by atoms with E-state index in [2.05, 4.69) is 20.3 Å². The van der Waals surface area contributed by atoms with Crippen LogP contribution in [-0.4, -0.2) is 46.3 Å². The number of nitrogens with zero attached hydrogens (tertiary/aromatic N) is 2. The number of anilines is 1. The molecule has 10 heteroatoms. The smallest absolute Gasteiger partial charge is 0.326 e. The van der Waals surface area contributed by atoms with E-state index in [1.165, 1.54) is 26.4 Å². The van der Waals surface area contributed by atoms with Gasteiger partial charge in [0.05, 0.1) is 19.7 Å². The quantitative estimate of drug-likeness (QED) is 0.369. The minimum Gasteiger partial charge on any atom is -0.493 e. The second-order valence-corrected chi connectivity index (χ2v) is 7.17.